The fourth-order valence-corrected chi connectivity index (χ4v) is 0.608. The molecule has 0 radical (unpaired) electrons. The van der Waals surface area contributed by atoms with Gasteiger partial charge in [0.2, 0.25) is 4.67 Å². The van der Waals surface area contributed by atoms with Gasteiger partial charge in [-0.25, -0.2) is 4.52 Å². The number of halogens is 1. The van der Waals surface area contributed by atoms with Crippen LogP contribution in [-0.4, -0.2) is 10.1 Å². The van der Waals surface area contributed by atoms with Crippen LogP contribution in [0.1, 0.15) is 0 Å². The summed E-state index contributed by atoms with van der Waals surface area (Å²) < 4.78 is 4.61. The van der Waals surface area contributed by atoms with Gasteiger partial charge < -0.3 is 10.1 Å². The zero-order chi connectivity index (χ0) is 6.85. The van der Waals surface area contributed by atoms with Gasteiger partial charge in [0.25, 0.3) is 0 Å². The SMILES string of the molecule is O=[N+]([O-])c1cc(Br)on1. The van der Waals surface area contributed by atoms with E-state index in [2.05, 4.69) is 25.6 Å². The Bertz CT molecular complexity index is 233. The minimum Gasteiger partial charge on any atom is -0.358 e. The van der Waals surface area contributed by atoms with Gasteiger partial charge in [-0.1, -0.05) is 0 Å². The molecule has 0 unspecified atom stereocenters. The Labute approximate surface area is 57.9 Å². The molecule has 0 spiro atoms. The third-order valence-corrected chi connectivity index (χ3v) is 1.03. The summed E-state index contributed by atoms with van der Waals surface area (Å²) in [5, 5.41) is 13.0. The Hall–Kier alpha value is -0.910. The quantitative estimate of drug-likeness (QED) is 0.498. The van der Waals surface area contributed by atoms with E-state index in [1.165, 1.54) is 6.07 Å². The highest BCUT2D eigenvalue weighted by atomic mass is 79.9. The normalized spacial score (nSPS) is 9.44. The highest BCUT2D eigenvalue weighted by Crippen LogP contribution is 2.15. The highest BCUT2D eigenvalue weighted by molar-refractivity contribution is 9.10. The van der Waals surface area contributed by atoms with Crippen molar-refractivity contribution in [3.8, 4) is 0 Å². The van der Waals surface area contributed by atoms with Crippen molar-refractivity contribution >= 4 is 21.7 Å². The zero-order valence-corrected chi connectivity index (χ0v) is 5.66. The molecule has 0 saturated carbocycles. The first kappa shape index (κ1) is 6.21. The Kier molecular flexibility index (Phi) is 1.48. The van der Waals surface area contributed by atoms with Crippen LogP contribution in [0.5, 0.6) is 0 Å². The van der Waals surface area contributed by atoms with E-state index < -0.39 is 4.92 Å². The number of hydrogen-bond donors (Lipinski definition) is 0. The van der Waals surface area contributed by atoms with Crippen molar-refractivity contribution in [3.63, 3.8) is 0 Å². The first-order valence-corrected chi connectivity index (χ1v) is 2.76. The largest absolute Gasteiger partial charge is 0.414 e. The van der Waals surface area contributed by atoms with Crippen LogP contribution in [0, 0.1) is 10.1 Å². The molecule has 0 aliphatic carbocycles. The summed E-state index contributed by atoms with van der Waals surface area (Å²) in [6.45, 7) is 0. The third kappa shape index (κ3) is 1.26. The van der Waals surface area contributed by atoms with E-state index >= 15 is 0 Å². The maximum absolute atomic E-state index is 9.88. The van der Waals surface area contributed by atoms with E-state index in [1.54, 1.807) is 0 Å². The van der Waals surface area contributed by atoms with Crippen LogP contribution in [0.25, 0.3) is 0 Å². The predicted molar refractivity (Wildman–Crippen MR) is 30.9 cm³/mol. The topological polar surface area (TPSA) is 69.2 Å². The summed E-state index contributed by atoms with van der Waals surface area (Å²) >= 11 is 2.87. The molecule has 6 heteroatoms. The minimum atomic E-state index is -0.631. The Balaban J connectivity index is 2.98. The second kappa shape index (κ2) is 2.14. The molecule has 0 saturated heterocycles. The van der Waals surface area contributed by atoms with E-state index in [1.807, 2.05) is 0 Å². The van der Waals surface area contributed by atoms with Crippen LogP contribution in [0.15, 0.2) is 15.3 Å². The molecule has 0 N–H and O–H groups in total. The number of aromatic nitrogens is 1. The second-order valence-corrected chi connectivity index (χ2v) is 2.03. The van der Waals surface area contributed by atoms with E-state index in [0.29, 0.717) is 0 Å². The minimum absolute atomic E-state index is 0.259. The van der Waals surface area contributed by atoms with Crippen LogP contribution < -0.4 is 0 Å². The van der Waals surface area contributed by atoms with Gasteiger partial charge >= 0.3 is 5.82 Å². The van der Waals surface area contributed by atoms with Crippen molar-refractivity contribution in [2.24, 2.45) is 0 Å². The number of rotatable bonds is 1. The van der Waals surface area contributed by atoms with Gasteiger partial charge in [-0.2, -0.15) is 0 Å². The predicted octanol–water partition coefficient (Wildman–Crippen LogP) is 1.35. The average Bonchev–Trinajstić information content (AvgIpc) is 2.14. The summed E-state index contributed by atoms with van der Waals surface area (Å²) in [4.78, 5) is 9.25. The van der Waals surface area contributed by atoms with Crippen molar-refractivity contribution in [3.05, 3.63) is 20.9 Å². The monoisotopic (exact) mass is 192 g/mol. The molecule has 48 valence electrons. The lowest BCUT2D eigenvalue weighted by Gasteiger charge is -1.79. The molecule has 1 heterocycles. The van der Waals surface area contributed by atoms with Crippen LogP contribution in [0.4, 0.5) is 5.82 Å². The standard InChI is InChI=1S/C3HBrN2O3/c4-2-1-3(5-9-2)6(7)8/h1H. The van der Waals surface area contributed by atoms with Gasteiger partial charge in [0.05, 0.1) is 6.07 Å². The van der Waals surface area contributed by atoms with Gasteiger partial charge in [0.15, 0.2) is 5.16 Å². The summed E-state index contributed by atoms with van der Waals surface area (Å²) in [6.07, 6.45) is 0. The molecule has 1 aromatic rings. The summed E-state index contributed by atoms with van der Waals surface area (Å²) in [5.41, 5.74) is 0. The first-order chi connectivity index (χ1) is 4.20. The average molecular weight is 193 g/mol. The van der Waals surface area contributed by atoms with Gasteiger partial charge in [-0.15, -0.1) is 0 Å². The smallest absolute Gasteiger partial charge is 0.358 e. The van der Waals surface area contributed by atoms with Crippen LogP contribution >= 0.6 is 15.9 Å². The maximum Gasteiger partial charge on any atom is 0.414 e. The van der Waals surface area contributed by atoms with Crippen molar-refractivity contribution in [2.75, 3.05) is 0 Å². The maximum atomic E-state index is 9.88. The second-order valence-electron chi connectivity index (χ2n) is 1.25. The number of nitrogens with zero attached hydrogens (tertiary/aromatic N) is 2. The van der Waals surface area contributed by atoms with Crippen LogP contribution in [0.2, 0.25) is 0 Å². The Morgan fingerprint density at radius 1 is 1.89 bits per heavy atom. The summed E-state index contributed by atoms with van der Waals surface area (Å²) in [6, 6.07) is 1.18. The van der Waals surface area contributed by atoms with Gasteiger partial charge in [0.1, 0.15) is 0 Å². The van der Waals surface area contributed by atoms with Gasteiger partial charge in [0, 0.05) is 0 Å². The number of hydrogen-bond acceptors (Lipinski definition) is 4. The van der Waals surface area contributed by atoms with Crippen molar-refractivity contribution in [2.45, 2.75) is 0 Å². The molecule has 0 bridgehead atoms. The van der Waals surface area contributed by atoms with E-state index in [9.17, 15) is 10.1 Å². The molecule has 1 aromatic heterocycles. The highest BCUT2D eigenvalue weighted by Gasteiger charge is 2.11. The van der Waals surface area contributed by atoms with Crippen molar-refractivity contribution in [1.82, 2.24) is 5.16 Å². The molecule has 0 atom stereocenters. The fourth-order valence-electron chi connectivity index (χ4n) is 0.331. The molecule has 0 aromatic carbocycles. The first-order valence-electron chi connectivity index (χ1n) is 1.97. The lowest BCUT2D eigenvalue weighted by Crippen LogP contribution is -1.85. The third-order valence-electron chi connectivity index (χ3n) is 0.656. The van der Waals surface area contributed by atoms with E-state index in [4.69, 9.17) is 0 Å². The van der Waals surface area contributed by atoms with Crippen LogP contribution in [-0.2, 0) is 0 Å². The summed E-state index contributed by atoms with van der Waals surface area (Å²) in [5.74, 6) is -0.290. The van der Waals surface area contributed by atoms with Crippen molar-refractivity contribution < 1.29 is 9.45 Å². The molecule has 0 aliphatic rings. The Morgan fingerprint density at radius 3 is 2.78 bits per heavy atom. The molecule has 9 heavy (non-hydrogen) atoms. The van der Waals surface area contributed by atoms with Crippen molar-refractivity contribution in [1.29, 1.82) is 0 Å². The molecule has 0 aliphatic heterocycles. The molecular weight excluding hydrogens is 192 g/mol. The van der Waals surface area contributed by atoms with E-state index in [0.717, 1.165) is 0 Å². The summed E-state index contributed by atoms with van der Waals surface area (Å²) in [7, 11) is 0. The lowest BCUT2D eigenvalue weighted by atomic mass is 10.7. The molecule has 0 amide bonds. The molecule has 0 fully saturated rings. The molecule has 5 nitrogen and oxygen atoms in total. The lowest BCUT2D eigenvalue weighted by molar-refractivity contribution is -0.390. The zero-order valence-electron chi connectivity index (χ0n) is 4.07. The Morgan fingerprint density at radius 2 is 2.56 bits per heavy atom. The number of nitro groups is 1. The van der Waals surface area contributed by atoms with E-state index in [-0.39, 0.29) is 10.5 Å². The van der Waals surface area contributed by atoms with Gasteiger partial charge in [-0.3, -0.25) is 0 Å². The molecular formula is C3HBrN2O3. The van der Waals surface area contributed by atoms with Gasteiger partial charge in [-0.05, 0) is 20.9 Å². The fraction of sp³-hybridized carbons (Fsp3) is 0. The molecule has 1 rings (SSSR count). The van der Waals surface area contributed by atoms with Crippen LogP contribution in [0.3, 0.4) is 0 Å².